The van der Waals surface area contributed by atoms with Crippen molar-refractivity contribution in [3.05, 3.63) is 57.5 Å². The molecule has 1 aromatic carbocycles. The van der Waals surface area contributed by atoms with Gasteiger partial charge in [0.2, 0.25) is 0 Å². The highest BCUT2D eigenvalue weighted by atomic mass is 32.2. The Kier molecular flexibility index (Phi) is 4.09. The van der Waals surface area contributed by atoms with Crippen LogP contribution >= 0.6 is 0 Å². The summed E-state index contributed by atoms with van der Waals surface area (Å²) in [6.07, 6.45) is 3.92. The van der Waals surface area contributed by atoms with E-state index in [1.165, 1.54) is 4.68 Å². The normalized spacial score (nSPS) is 26.6. The zero-order valence-corrected chi connectivity index (χ0v) is 16.0. The van der Waals surface area contributed by atoms with Crippen LogP contribution in [0.15, 0.2) is 45.0 Å². The van der Waals surface area contributed by atoms with Gasteiger partial charge in [0.1, 0.15) is 17.9 Å². The second-order valence-corrected chi connectivity index (χ2v) is 9.01. The summed E-state index contributed by atoms with van der Waals surface area (Å²) >= 11 is 0. The van der Waals surface area contributed by atoms with E-state index in [4.69, 9.17) is 4.74 Å². The summed E-state index contributed by atoms with van der Waals surface area (Å²) in [4.78, 5) is 17.5. The SMILES string of the molecule is O=c1cc2c(nn1C1COCC1N=C1NS(=O)(=O)c3ccccc31)CCCC2. The molecular formula is C19H20N4O4S. The van der Waals surface area contributed by atoms with E-state index in [-0.39, 0.29) is 16.5 Å². The van der Waals surface area contributed by atoms with Crippen molar-refractivity contribution in [2.24, 2.45) is 4.99 Å². The van der Waals surface area contributed by atoms with E-state index in [1.54, 1.807) is 30.3 Å². The van der Waals surface area contributed by atoms with Crippen molar-refractivity contribution >= 4 is 15.9 Å². The molecular weight excluding hydrogens is 380 g/mol. The molecule has 3 heterocycles. The van der Waals surface area contributed by atoms with Gasteiger partial charge in [-0.05, 0) is 43.4 Å². The van der Waals surface area contributed by atoms with Crippen LogP contribution in [0.1, 0.15) is 35.7 Å². The predicted molar refractivity (Wildman–Crippen MR) is 102 cm³/mol. The molecule has 2 unspecified atom stereocenters. The third-order valence-corrected chi connectivity index (χ3v) is 6.92. The molecule has 1 fully saturated rings. The monoisotopic (exact) mass is 400 g/mol. The van der Waals surface area contributed by atoms with Crippen LogP contribution < -0.4 is 10.3 Å². The number of aromatic nitrogens is 2. The van der Waals surface area contributed by atoms with Crippen molar-refractivity contribution in [2.45, 2.75) is 42.7 Å². The minimum absolute atomic E-state index is 0.159. The summed E-state index contributed by atoms with van der Waals surface area (Å²) in [6.45, 7) is 0.630. The van der Waals surface area contributed by atoms with Gasteiger partial charge in [-0.25, -0.2) is 13.1 Å². The van der Waals surface area contributed by atoms with Crippen LogP contribution in [0.4, 0.5) is 0 Å². The zero-order valence-electron chi connectivity index (χ0n) is 15.2. The Morgan fingerprint density at radius 2 is 2.00 bits per heavy atom. The van der Waals surface area contributed by atoms with Gasteiger partial charge in [0.05, 0.1) is 23.8 Å². The van der Waals surface area contributed by atoms with Gasteiger partial charge in [-0.15, -0.1) is 0 Å². The predicted octanol–water partition coefficient (Wildman–Crippen LogP) is 0.801. The van der Waals surface area contributed by atoms with Crippen molar-refractivity contribution in [3.8, 4) is 0 Å². The van der Waals surface area contributed by atoms with Crippen LogP contribution in [0.3, 0.4) is 0 Å². The summed E-state index contributed by atoms with van der Waals surface area (Å²) in [5.41, 5.74) is 2.38. The maximum Gasteiger partial charge on any atom is 0.267 e. The molecule has 5 rings (SSSR count). The Morgan fingerprint density at radius 1 is 1.18 bits per heavy atom. The van der Waals surface area contributed by atoms with E-state index >= 15 is 0 Å². The summed E-state index contributed by atoms with van der Waals surface area (Å²) in [7, 11) is -3.60. The number of nitrogens with one attached hydrogen (secondary N) is 1. The molecule has 0 bridgehead atoms. The fraction of sp³-hybridized carbons (Fsp3) is 0.421. The molecule has 1 aromatic heterocycles. The second-order valence-electron chi connectivity index (χ2n) is 7.36. The van der Waals surface area contributed by atoms with Crippen LogP contribution in [0, 0.1) is 0 Å². The van der Waals surface area contributed by atoms with Gasteiger partial charge in [-0.1, -0.05) is 12.1 Å². The van der Waals surface area contributed by atoms with E-state index in [0.29, 0.717) is 24.6 Å². The van der Waals surface area contributed by atoms with Gasteiger partial charge < -0.3 is 4.74 Å². The van der Waals surface area contributed by atoms with E-state index in [9.17, 15) is 13.2 Å². The number of aliphatic imine (C=N–C) groups is 1. The largest absolute Gasteiger partial charge is 0.377 e. The summed E-state index contributed by atoms with van der Waals surface area (Å²) in [5, 5.41) is 4.61. The molecule has 2 atom stereocenters. The smallest absolute Gasteiger partial charge is 0.267 e. The number of rotatable bonds is 2. The number of hydrogen-bond acceptors (Lipinski definition) is 6. The number of benzene rings is 1. The summed E-state index contributed by atoms with van der Waals surface area (Å²) in [6, 6.07) is 7.66. The van der Waals surface area contributed by atoms with Gasteiger partial charge >= 0.3 is 0 Å². The number of nitrogens with zero attached hydrogens (tertiary/aromatic N) is 3. The van der Waals surface area contributed by atoms with Crippen molar-refractivity contribution < 1.29 is 13.2 Å². The number of fused-ring (bicyclic) bond motifs is 2. The van der Waals surface area contributed by atoms with Gasteiger partial charge in [0.15, 0.2) is 0 Å². The average Bonchev–Trinajstić information content (AvgIpc) is 3.24. The van der Waals surface area contributed by atoms with Crippen molar-refractivity contribution in [1.82, 2.24) is 14.5 Å². The Labute approximate surface area is 162 Å². The van der Waals surface area contributed by atoms with Crippen LogP contribution in [0.2, 0.25) is 0 Å². The van der Waals surface area contributed by atoms with E-state index in [1.807, 2.05) is 0 Å². The highest BCUT2D eigenvalue weighted by Gasteiger charge is 2.36. The first-order valence-corrected chi connectivity index (χ1v) is 10.9. The highest BCUT2D eigenvalue weighted by molar-refractivity contribution is 7.90. The minimum Gasteiger partial charge on any atom is -0.377 e. The fourth-order valence-electron chi connectivity index (χ4n) is 4.10. The molecule has 9 heteroatoms. The molecule has 146 valence electrons. The Hall–Kier alpha value is -2.52. The third kappa shape index (κ3) is 2.85. The summed E-state index contributed by atoms with van der Waals surface area (Å²) in [5.74, 6) is 0.294. The van der Waals surface area contributed by atoms with E-state index < -0.39 is 16.1 Å². The Morgan fingerprint density at radius 3 is 2.89 bits per heavy atom. The lowest BCUT2D eigenvalue weighted by molar-refractivity contribution is 0.182. The first-order valence-electron chi connectivity index (χ1n) is 9.42. The number of amidine groups is 1. The van der Waals surface area contributed by atoms with Crippen LogP contribution in [-0.2, 0) is 27.6 Å². The lowest BCUT2D eigenvalue weighted by Gasteiger charge is -2.20. The number of ether oxygens (including phenoxy) is 1. The quantitative estimate of drug-likeness (QED) is 0.803. The first-order chi connectivity index (χ1) is 13.5. The molecule has 2 aromatic rings. The molecule has 3 aliphatic rings. The molecule has 2 aliphatic heterocycles. The van der Waals surface area contributed by atoms with Crippen LogP contribution in [-0.4, -0.2) is 43.3 Å². The molecule has 0 saturated carbocycles. The molecule has 0 radical (unpaired) electrons. The maximum absolute atomic E-state index is 12.6. The molecule has 1 saturated heterocycles. The van der Waals surface area contributed by atoms with Crippen molar-refractivity contribution in [1.29, 1.82) is 0 Å². The van der Waals surface area contributed by atoms with Crippen LogP contribution in [0.25, 0.3) is 0 Å². The van der Waals surface area contributed by atoms with Crippen LogP contribution in [0.5, 0.6) is 0 Å². The first kappa shape index (κ1) is 17.6. The molecule has 28 heavy (non-hydrogen) atoms. The number of sulfonamides is 1. The lowest BCUT2D eigenvalue weighted by Crippen LogP contribution is -2.35. The van der Waals surface area contributed by atoms with Gasteiger partial charge in [-0.3, -0.25) is 14.5 Å². The zero-order chi connectivity index (χ0) is 19.3. The van der Waals surface area contributed by atoms with E-state index in [0.717, 1.165) is 36.9 Å². The molecule has 0 spiro atoms. The van der Waals surface area contributed by atoms with Gasteiger partial charge in [0, 0.05) is 11.6 Å². The van der Waals surface area contributed by atoms with E-state index in [2.05, 4.69) is 14.8 Å². The Balaban J connectivity index is 1.53. The number of hydrogen-bond donors (Lipinski definition) is 1. The average molecular weight is 400 g/mol. The standard InChI is InChI=1S/C19H20N4O4S/c24-18-9-12-5-1-3-7-14(12)21-23(18)16-11-27-10-15(16)20-19-13-6-2-4-8-17(13)28(25,26)22-19/h2,4,6,8-9,15-16H,1,3,5,7,10-11H2,(H,20,22). The molecule has 0 amide bonds. The van der Waals surface area contributed by atoms with Gasteiger partial charge in [0.25, 0.3) is 15.6 Å². The highest BCUT2D eigenvalue weighted by Crippen LogP contribution is 2.27. The number of aryl methyl sites for hydroxylation is 2. The molecule has 8 nitrogen and oxygen atoms in total. The maximum atomic E-state index is 12.6. The van der Waals surface area contributed by atoms with Crippen molar-refractivity contribution in [2.75, 3.05) is 13.2 Å². The van der Waals surface area contributed by atoms with Crippen molar-refractivity contribution in [3.63, 3.8) is 0 Å². The fourth-order valence-corrected chi connectivity index (χ4v) is 5.34. The minimum atomic E-state index is -3.60. The second kappa shape index (κ2) is 6.52. The Bertz CT molecular complexity index is 1140. The summed E-state index contributed by atoms with van der Waals surface area (Å²) < 4.78 is 34.2. The topological polar surface area (TPSA) is 103 Å². The molecule has 1 N–H and O–H groups in total. The third-order valence-electron chi connectivity index (χ3n) is 5.53. The molecule has 1 aliphatic carbocycles. The lowest BCUT2D eigenvalue weighted by atomic mass is 9.97. The van der Waals surface area contributed by atoms with Gasteiger partial charge in [-0.2, -0.15) is 5.10 Å².